The fourth-order valence-corrected chi connectivity index (χ4v) is 1.70. The van der Waals surface area contributed by atoms with Crippen molar-refractivity contribution in [2.45, 2.75) is 18.7 Å². The summed E-state index contributed by atoms with van der Waals surface area (Å²) in [6, 6.07) is 4.89. The lowest BCUT2D eigenvalue weighted by atomic mass is 10.2. The number of benzene rings is 1. The monoisotopic (exact) mass is 259 g/mol. The van der Waals surface area contributed by atoms with Gasteiger partial charge in [0.05, 0.1) is 4.90 Å². The fourth-order valence-electron chi connectivity index (χ4n) is 1.19. The molecule has 1 amide bonds. The van der Waals surface area contributed by atoms with Gasteiger partial charge < -0.3 is 5.32 Å². The first-order chi connectivity index (χ1) is 7.80. The maximum Gasteiger partial charge on any atom is 0.332 e. The summed E-state index contributed by atoms with van der Waals surface area (Å²) in [7, 11) is -4.77. The van der Waals surface area contributed by atoms with Crippen molar-refractivity contribution in [1.82, 2.24) is 5.32 Å². The SMILES string of the molecule is CC(C)CNC(=O)c1cccc(S(=O)(=O)F)c1. The van der Waals surface area contributed by atoms with Gasteiger partial charge in [-0.2, -0.15) is 8.42 Å². The van der Waals surface area contributed by atoms with Crippen molar-refractivity contribution in [3.05, 3.63) is 29.8 Å². The number of carbonyl (C=O) groups is 1. The number of hydrogen-bond donors (Lipinski definition) is 1. The molecule has 94 valence electrons. The first-order valence-corrected chi connectivity index (χ1v) is 6.52. The second-order valence-corrected chi connectivity index (χ2v) is 5.42. The summed E-state index contributed by atoms with van der Waals surface area (Å²) in [4.78, 5) is 11.1. The molecule has 0 spiro atoms. The molecule has 0 aromatic heterocycles. The van der Waals surface area contributed by atoms with Gasteiger partial charge in [0, 0.05) is 12.1 Å². The molecule has 17 heavy (non-hydrogen) atoms. The normalized spacial score (nSPS) is 11.5. The number of halogens is 1. The van der Waals surface area contributed by atoms with Gasteiger partial charge in [0.25, 0.3) is 5.91 Å². The van der Waals surface area contributed by atoms with E-state index in [-0.39, 0.29) is 11.5 Å². The topological polar surface area (TPSA) is 63.2 Å². The van der Waals surface area contributed by atoms with Crippen molar-refractivity contribution in [2.75, 3.05) is 6.54 Å². The van der Waals surface area contributed by atoms with Gasteiger partial charge in [-0.3, -0.25) is 4.79 Å². The molecule has 6 heteroatoms. The van der Waals surface area contributed by atoms with E-state index in [0.29, 0.717) is 6.54 Å². The highest BCUT2D eigenvalue weighted by Crippen LogP contribution is 2.13. The van der Waals surface area contributed by atoms with Gasteiger partial charge >= 0.3 is 10.2 Å². The average molecular weight is 259 g/mol. The van der Waals surface area contributed by atoms with Crippen LogP contribution in [0.3, 0.4) is 0 Å². The minimum Gasteiger partial charge on any atom is -0.352 e. The van der Waals surface area contributed by atoms with Gasteiger partial charge in [-0.25, -0.2) is 0 Å². The van der Waals surface area contributed by atoms with Crippen molar-refractivity contribution >= 4 is 16.1 Å². The zero-order valence-corrected chi connectivity index (χ0v) is 10.4. The van der Waals surface area contributed by atoms with E-state index in [1.54, 1.807) is 0 Å². The van der Waals surface area contributed by atoms with Crippen LogP contribution in [0.1, 0.15) is 24.2 Å². The van der Waals surface area contributed by atoms with Crippen LogP contribution < -0.4 is 5.32 Å². The molecule has 1 rings (SSSR count). The van der Waals surface area contributed by atoms with E-state index in [2.05, 4.69) is 5.32 Å². The standard InChI is InChI=1S/C11H14FNO3S/c1-8(2)7-13-11(14)9-4-3-5-10(6-9)17(12,15)16/h3-6,8H,7H2,1-2H3,(H,13,14). The van der Waals surface area contributed by atoms with Crippen LogP contribution in [-0.2, 0) is 10.2 Å². The third-order valence-corrected chi connectivity index (χ3v) is 2.87. The number of hydrogen-bond acceptors (Lipinski definition) is 3. The van der Waals surface area contributed by atoms with Crippen molar-refractivity contribution in [3.8, 4) is 0 Å². The van der Waals surface area contributed by atoms with Crippen molar-refractivity contribution in [2.24, 2.45) is 5.92 Å². The van der Waals surface area contributed by atoms with Gasteiger partial charge in [0.15, 0.2) is 0 Å². The molecule has 0 bridgehead atoms. The van der Waals surface area contributed by atoms with Gasteiger partial charge in [-0.15, -0.1) is 3.89 Å². The van der Waals surface area contributed by atoms with Gasteiger partial charge in [0.2, 0.25) is 0 Å². The van der Waals surface area contributed by atoms with Crippen LogP contribution in [0.15, 0.2) is 29.2 Å². The summed E-state index contributed by atoms with van der Waals surface area (Å²) in [5, 5.41) is 2.62. The molecule has 0 radical (unpaired) electrons. The molecule has 0 heterocycles. The zero-order chi connectivity index (χ0) is 13.1. The van der Waals surface area contributed by atoms with E-state index < -0.39 is 21.0 Å². The Kier molecular flexibility index (Phi) is 4.22. The second kappa shape index (κ2) is 5.27. The minimum absolute atomic E-state index is 0.129. The van der Waals surface area contributed by atoms with Crippen molar-refractivity contribution in [1.29, 1.82) is 0 Å². The molecule has 0 unspecified atom stereocenters. The summed E-state index contributed by atoms with van der Waals surface area (Å²) in [5.41, 5.74) is 0.129. The Morgan fingerprint density at radius 1 is 1.41 bits per heavy atom. The van der Waals surface area contributed by atoms with Crippen LogP contribution in [0, 0.1) is 5.92 Å². The summed E-state index contributed by atoms with van der Waals surface area (Å²) in [6.07, 6.45) is 0. The Balaban J connectivity index is 2.89. The zero-order valence-electron chi connectivity index (χ0n) is 9.60. The van der Waals surface area contributed by atoms with Crippen LogP contribution in [0.5, 0.6) is 0 Å². The molecule has 0 saturated carbocycles. The van der Waals surface area contributed by atoms with Crippen molar-refractivity contribution in [3.63, 3.8) is 0 Å². The van der Waals surface area contributed by atoms with Crippen LogP contribution in [0.25, 0.3) is 0 Å². The molecule has 0 aliphatic heterocycles. The highest BCUT2D eigenvalue weighted by molar-refractivity contribution is 7.86. The Hall–Kier alpha value is -1.43. The lowest BCUT2D eigenvalue weighted by molar-refractivity contribution is 0.0949. The van der Waals surface area contributed by atoms with E-state index in [1.165, 1.54) is 12.1 Å². The highest BCUT2D eigenvalue weighted by Gasteiger charge is 2.14. The summed E-state index contributed by atoms with van der Waals surface area (Å²) < 4.78 is 34.1. The smallest absolute Gasteiger partial charge is 0.332 e. The lowest BCUT2D eigenvalue weighted by Gasteiger charge is -2.07. The predicted octanol–water partition coefficient (Wildman–Crippen LogP) is 1.73. The lowest BCUT2D eigenvalue weighted by Crippen LogP contribution is -2.27. The molecule has 0 atom stereocenters. The summed E-state index contributed by atoms with van der Waals surface area (Å²) >= 11 is 0. The van der Waals surface area contributed by atoms with Crippen LogP contribution in [-0.4, -0.2) is 20.9 Å². The molecular formula is C11H14FNO3S. The molecule has 0 saturated heterocycles. The molecule has 0 fully saturated rings. The molecular weight excluding hydrogens is 245 g/mol. The quantitative estimate of drug-likeness (QED) is 0.837. The van der Waals surface area contributed by atoms with E-state index in [4.69, 9.17) is 0 Å². The number of amides is 1. The molecule has 0 aliphatic rings. The Labute approximate surface area is 100 Å². The third kappa shape index (κ3) is 4.14. The molecule has 1 N–H and O–H groups in total. The van der Waals surface area contributed by atoms with Gasteiger partial charge in [0.1, 0.15) is 0 Å². The average Bonchev–Trinajstić information content (AvgIpc) is 2.25. The Bertz CT molecular complexity index is 511. The van der Waals surface area contributed by atoms with E-state index >= 15 is 0 Å². The van der Waals surface area contributed by atoms with E-state index in [1.807, 2.05) is 13.8 Å². The van der Waals surface area contributed by atoms with E-state index in [0.717, 1.165) is 12.1 Å². The molecule has 1 aromatic carbocycles. The summed E-state index contributed by atoms with van der Waals surface area (Å²) in [5.74, 6) is -0.128. The van der Waals surface area contributed by atoms with Crippen LogP contribution >= 0.6 is 0 Å². The molecule has 1 aromatic rings. The number of rotatable bonds is 4. The summed E-state index contributed by atoms with van der Waals surface area (Å²) in [6.45, 7) is 4.34. The first kappa shape index (κ1) is 13.6. The first-order valence-electron chi connectivity index (χ1n) is 5.13. The van der Waals surface area contributed by atoms with Gasteiger partial charge in [-0.05, 0) is 24.1 Å². The maximum atomic E-state index is 12.7. The van der Waals surface area contributed by atoms with Crippen molar-refractivity contribution < 1.29 is 17.1 Å². The fraction of sp³-hybridized carbons (Fsp3) is 0.364. The van der Waals surface area contributed by atoms with Crippen LogP contribution in [0.4, 0.5) is 3.89 Å². The Morgan fingerprint density at radius 2 is 2.06 bits per heavy atom. The Morgan fingerprint density at radius 3 is 2.59 bits per heavy atom. The third-order valence-electron chi connectivity index (χ3n) is 2.05. The molecule has 4 nitrogen and oxygen atoms in total. The number of nitrogens with one attached hydrogen (secondary N) is 1. The van der Waals surface area contributed by atoms with E-state index in [9.17, 15) is 17.1 Å². The number of carbonyl (C=O) groups excluding carboxylic acids is 1. The van der Waals surface area contributed by atoms with Crippen LogP contribution in [0.2, 0.25) is 0 Å². The van der Waals surface area contributed by atoms with Gasteiger partial charge in [-0.1, -0.05) is 19.9 Å². The predicted molar refractivity (Wildman–Crippen MR) is 61.9 cm³/mol. The maximum absolute atomic E-state index is 12.7. The molecule has 0 aliphatic carbocycles. The second-order valence-electron chi connectivity index (χ2n) is 4.07. The largest absolute Gasteiger partial charge is 0.352 e. The highest BCUT2D eigenvalue weighted by atomic mass is 32.3. The minimum atomic E-state index is -4.77.